The van der Waals surface area contributed by atoms with Gasteiger partial charge in [0.05, 0.1) is 7.11 Å². The Morgan fingerprint density at radius 1 is 1.67 bits per heavy atom. The molecule has 0 spiro atoms. The number of hydrogen-bond acceptors (Lipinski definition) is 2. The van der Waals surface area contributed by atoms with Crippen molar-refractivity contribution in [3.8, 4) is 5.75 Å². The van der Waals surface area contributed by atoms with E-state index in [4.69, 9.17) is 21.4 Å². The first-order valence-corrected chi connectivity index (χ1v) is 5.53. The number of rotatable bonds is 4. The molecule has 1 rings (SSSR count). The zero-order valence-corrected chi connectivity index (χ0v) is 10.4. The van der Waals surface area contributed by atoms with Crippen molar-refractivity contribution in [3.63, 3.8) is 0 Å². The van der Waals surface area contributed by atoms with Crippen LogP contribution in [0.2, 0.25) is 5.02 Å². The average molecular weight is 294 g/mol. The first kappa shape index (κ1) is 12.3. The van der Waals surface area contributed by atoms with Crippen LogP contribution in [0.15, 0.2) is 18.2 Å². The lowest BCUT2D eigenvalue weighted by molar-refractivity contribution is -0.136. The Labute approximate surface area is 101 Å². The topological polar surface area (TPSA) is 46.5 Å². The molecule has 0 heterocycles. The summed E-state index contributed by atoms with van der Waals surface area (Å²) in [5, 5.41) is 9.32. The van der Waals surface area contributed by atoms with Gasteiger partial charge in [-0.15, -0.1) is 0 Å². The van der Waals surface area contributed by atoms with E-state index in [1.54, 1.807) is 18.2 Å². The van der Waals surface area contributed by atoms with Gasteiger partial charge in [0.25, 0.3) is 0 Å². The van der Waals surface area contributed by atoms with Crippen molar-refractivity contribution in [3.05, 3.63) is 28.8 Å². The summed E-state index contributed by atoms with van der Waals surface area (Å²) >= 11 is 8.89. The molecule has 1 atom stereocenters. The van der Waals surface area contributed by atoms with Crippen LogP contribution >= 0.6 is 27.5 Å². The lowest BCUT2D eigenvalue weighted by atomic mass is 10.1. The lowest BCUT2D eigenvalue weighted by Crippen LogP contribution is -2.15. The second-order valence-electron chi connectivity index (χ2n) is 2.97. The molecule has 15 heavy (non-hydrogen) atoms. The molecule has 0 fully saturated rings. The van der Waals surface area contributed by atoms with Crippen molar-refractivity contribution < 1.29 is 14.6 Å². The number of carboxylic acid groups (broad SMARTS) is 1. The molecule has 0 saturated carbocycles. The standard InChI is InChI=1S/C10H10BrClO3/c1-15-9-3-2-7(12)4-6(9)5-8(11)10(13)14/h2-4,8H,5H2,1H3,(H,13,14)/t8-/m0/s1. The lowest BCUT2D eigenvalue weighted by Gasteiger charge is -2.10. The molecule has 1 aromatic carbocycles. The predicted octanol–water partition coefficient (Wildman–Crippen LogP) is 2.74. The van der Waals surface area contributed by atoms with Gasteiger partial charge in [0.2, 0.25) is 0 Å². The summed E-state index contributed by atoms with van der Waals surface area (Å²) in [5.74, 6) is -0.262. The minimum absolute atomic E-state index is 0.332. The Morgan fingerprint density at radius 3 is 2.87 bits per heavy atom. The molecular weight excluding hydrogens is 283 g/mol. The van der Waals surface area contributed by atoms with Crippen molar-refractivity contribution in [1.29, 1.82) is 0 Å². The van der Waals surface area contributed by atoms with Crippen LogP contribution in [0.1, 0.15) is 5.56 Å². The van der Waals surface area contributed by atoms with Crippen LogP contribution in [0.3, 0.4) is 0 Å². The second-order valence-corrected chi connectivity index (χ2v) is 4.51. The molecule has 5 heteroatoms. The van der Waals surface area contributed by atoms with E-state index in [0.29, 0.717) is 17.2 Å². The summed E-state index contributed by atoms with van der Waals surface area (Å²) in [6.07, 6.45) is 0.332. The van der Waals surface area contributed by atoms with E-state index >= 15 is 0 Å². The van der Waals surface area contributed by atoms with Gasteiger partial charge in [-0.25, -0.2) is 0 Å². The zero-order valence-electron chi connectivity index (χ0n) is 8.04. The van der Waals surface area contributed by atoms with E-state index in [-0.39, 0.29) is 0 Å². The summed E-state index contributed by atoms with van der Waals surface area (Å²) in [5.41, 5.74) is 0.772. The Kier molecular flexibility index (Phi) is 4.42. The van der Waals surface area contributed by atoms with E-state index in [9.17, 15) is 4.79 Å². The molecule has 82 valence electrons. The number of carbonyl (C=O) groups is 1. The number of methoxy groups -OCH3 is 1. The molecule has 1 N–H and O–H groups in total. The Bertz CT molecular complexity index is 368. The van der Waals surface area contributed by atoms with Crippen molar-refractivity contribution in [2.75, 3.05) is 7.11 Å². The van der Waals surface area contributed by atoms with Crippen LogP contribution in [0, 0.1) is 0 Å². The van der Waals surface area contributed by atoms with Crippen LogP contribution in [0.4, 0.5) is 0 Å². The fourth-order valence-corrected chi connectivity index (χ4v) is 1.73. The Balaban J connectivity index is 2.91. The molecule has 3 nitrogen and oxygen atoms in total. The number of alkyl halides is 1. The van der Waals surface area contributed by atoms with Crippen LogP contribution in [-0.4, -0.2) is 23.0 Å². The fraction of sp³-hybridized carbons (Fsp3) is 0.300. The van der Waals surface area contributed by atoms with E-state index < -0.39 is 10.8 Å². The first-order valence-electron chi connectivity index (χ1n) is 4.24. The summed E-state index contributed by atoms with van der Waals surface area (Å²) in [7, 11) is 1.54. The fourth-order valence-electron chi connectivity index (χ4n) is 1.19. The second kappa shape index (κ2) is 5.37. The van der Waals surface area contributed by atoms with Gasteiger partial charge in [0, 0.05) is 5.02 Å². The highest BCUT2D eigenvalue weighted by atomic mass is 79.9. The molecule has 0 aliphatic heterocycles. The molecule has 0 amide bonds. The van der Waals surface area contributed by atoms with Gasteiger partial charge in [-0.2, -0.15) is 0 Å². The van der Waals surface area contributed by atoms with Crippen LogP contribution in [0.5, 0.6) is 5.75 Å². The molecule has 0 aliphatic rings. The van der Waals surface area contributed by atoms with Crippen LogP contribution < -0.4 is 4.74 Å². The van der Waals surface area contributed by atoms with E-state index in [1.165, 1.54) is 7.11 Å². The van der Waals surface area contributed by atoms with Gasteiger partial charge in [-0.1, -0.05) is 27.5 Å². The molecule has 1 aromatic rings. The van der Waals surface area contributed by atoms with Crippen molar-refractivity contribution in [2.24, 2.45) is 0 Å². The van der Waals surface area contributed by atoms with Crippen LogP contribution in [-0.2, 0) is 11.2 Å². The third-order valence-electron chi connectivity index (χ3n) is 1.91. The average Bonchev–Trinajstić information content (AvgIpc) is 2.18. The van der Waals surface area contributed by atoms with Gasteiger partial charge in [0.1, 0.15) is 10.6 Å². The number of halogens is 2. The molecule has 0 saturated heterocycles. The number of carboxylic acids is 1. The minimum Gasteiger partial charge on any atom is -0.496 e. The highest BCUT2D eigenvalue weighted by Crippen LogP contribution is 2.25. The maximum atomic E-state index is 10.7. The minimum atomic E-state index is -0.906. The van der Waals surface area contributed by atoms with Crippen molar-refractivity contribution >= 4 is 33.5 Å². The summed E-state index contributed by atoms with van der Waals surface area (Å²) in [6, 6.07) is 5.13. The highest BCUT2D eigenvalue weighted by Gasteiger charge is 2.16. The summed E-state index contributed by atoms with van der Waals surface area (Å²) in [6.45, 7) is 0. The third kappa shape index (κ3) is 3.39. The number of hydrogen-bond donors (Lipinski definition) is 1. The first-order chi connectivity index (χ1) is 7.04. The quantitative estimate of drug-likeness (QED) is 0.868. The maximum absolute atomic E-state index is 10.7. The van der Waals surface area contributed by atoms with E-state index in [0.717, 1.165) is 5.56 Å². The van der Waals surface area contributed by atoms with Crippen molar-refractivity contribution in [1.82, 2.24) is 0 Å². The molecule has 0 radical (unpaired) electrons. The zero-order chi connectivity index (χ0) is 11.4. The summed E-state index contributed by atoms with van der Waals surface area (Å²) in [4.78, 5) is 10.0. The van der Waals surface area contributed by atoms with Gasteiger partial charge in [-0.3, -0.25) is 4.79 Å². The highest BCUT2D eigenvalue weighted by molar-refractivity contribution is 9.10. The normalized spacial score (nSPS) is 12.2. The predicted molar refractivity (Wildman–Crippen MR) is 62.1 cm³/mol. The molecule has 0 unspecified atom stereocenters. The maximum Gasteiger partial charge on any atom is 0.317 e. The van der Waals surface area contributed by atoms with Gasteiger partial charge < -0.3 is 9.84 Å². The third-order valence-corrected chi connectivity index (χ3v) is 2.86. The SMILES string of the molecule is COc1ccc(Cl)cc1C[C@H](Br)C(=O)O. The van der Waals surface area contributed by atoms with Crippen LogP contribution in [0.25, 0.3) is 0 Å². The van der Waals surface area contributed by atoms with Gasteiger partial charge in [-0.05, 0) is 30.2 Å². The number of aliphatic carboxylic acids is 1. The van der Waals surface area contributed by atoms with E-state index in [2.05, 4.69) is 15.9 Å². The molecular formula is C10H10BrClO3. The largest absolute Gasteiger partial charge is 0.496 e. The monoisotopic (exact) mass is 292 g/mol. The number of benzene rings is 1. The Morgan fingerprint density at radius 2 is 2.33 bits per heavy atom. The molecule has 0 aromatic heterocycles. The van der Waals surface area contributed by atoms with Gasteiger partial charge >= 0.3 is 5.97 Å². The molecule has 0 bridgehead atoms. The Hall–Kier alpha value is -0.740. The van der Waals surface area contributed by atoms with Crippen molar-refractivity contribution in [2.45, 2.75) is 11.2 Å². The number of ether oxygens (including phenoxy) is 1. The smallest absolute Gasteiger partial charge is 0.317 e. The van der Waals surface area contributed by atoms with E-state index in [1.807, 2.05) is 0 Å². The van der Waals surface area contributed by atoms with Gasteiger partial charge in [0.15, 0.2) is 0 Å². The molecule has 0 aliphatic carbocycles. The summed E-state index contributed by atoms with van der Waals surface area (Å²) < 4.78 is 5.11.